The zero-order chi connectivity index (χ0) is 18.8. The molecule has 0 spiro atoms. The van der Waals surface area contributed by atoms with Gasteiger partial charge in [0, 0.05) is 18.2 Å². The predicted molar refractivity (Wildman–Crippen MR) is 94.9 cm³/mol. The second-order valence-electron chi connectivity index (χ2n) is 6.50. The van der Waals surface area contributed by atoms with Gasteiger partial charge in [0.25, 0.3) is 5.69 Å². The third-order valence-corrected chi connectivity index (χ3v) is 4.72. The van der Waals surface area contributed by atoms with Gasteiger partial charge in [-0.2, -0.15) is 0 Å². The molecule has 2 atom stereocenters. The van der Waals surface area contributed by atoms with E-state index in [1.807, 2.05) is 33.8 Å². The number of nitro groups is 1. The highest BCUT2D eigenvalue weighted by molar-refractivity contribution is 5.70. The van der Waals surface area contributed by atoms with E-state index in [1.54, 1.807) is 12.1 Å². The number of hydrogen-bond acceptors (Lipinski definition) is 5. The summed E-state index contributed by atoms with van der Waals surface area (Å²) in [5, 5.41) is 13.5. The molecule has 1 aliphatic carbocycles. The van der Waals surface area contributed by atoms with Crippen molar-refractivity contribution in [2.75, 3.05) is 0 Å². The highest BCUT2D eigenvalue weighted by Gasteiger charge is 2.33. The molecular weight excluding hydrogens is 322 g/mol. The van der Waals surface area contributed by atoms with Crippen LogP contribution in [0.15, 0.2) is 47.1 Å². The summed E-state index contributed by atoms with van der Waals surface area (Å²) in [6.07, 6.45) is 1.38. The smallest absolute Gasteiger partial charge is 0.408 e. The summed E-state index contributed by atoms with van der Waals surface area (Å²) in [5.41, 5.74) is 9.12. The Bertz CT molecular complexity index is 752. The lowest BCUT2D eigenvalue weighted by atomic mass is 9.79. The number of carbonyl (C=O) groups excluding carboxylic acids is 1. The number of nitrogens with zero attached hydrogens (tertiary/aromatic N) is 1. The Hall–Kier alpha value is -2.67. The highest BCUT2D eigenvalue weighted by atomic mass is 16.6. The number of hydrogen-bond donors (Lipinski definition) is 2. The van der Waals surface area contributed by atoms with Gasteiger partial charge < -0.3 is 15.8 Å². The van der Waals surface area contributed by atoms with Gasteiger partial charge in [-0.15, -0.1) is 0 Å². The van der Waals surface area contributed by atoms with Crippen LogP contribution in [0.25, 0.3) is 0 Å². The molecular formula is C18H23N3O4. The van der Waals surface area contributed by atoms with E-state index in [4.69, 9.17) is 10.5 Å². The number of benzene rings is 1. The normalized spacial score (nSPS) is 23.1. The number of alkyl carbamates (subject to hydrolysis) is 1. The van der Waals surface area contributed by atoms with Crippen LogP contribution in [-0.2, 0) is 11.3 Å². The third kappa shape index (κ3) is 4.06. The van der Waals surface area contributed by atoms with Gasteiger partial charge in [0.1, 0.15) is 6.61 Å². The summed E-state index contributed by atoms with van der Waals surface area (Å²) in [6.45, 7) is 7.76. The van der Waals surface area contributed by atoms with Gasteiger partial charge >= 0.3 is 6.09 Å². The lowest BCUT2D eigenvalue weighted by molar-refractivity contribution is -0.384. The van der Waals surface area contributed by atoms with E-state index in [-0.39, 0.29) is 18.3 Å². The van der Waals surface area contributed by atoms with Crippen LogP contribution >= 0.6 is 0 Å². The van der Waals surface area contributed by atoms with Gasteiger partial charge in [-0.3, -0.25) is 10.1 Å². The van der Waals surface area contributed by atoms with Crippen molar-refractivity contribution < 1.29 is 14.5 Å². The lowest BCUT2D eigenvalue weighted by Gasteiger charge is -2.36. The first kappa shape index (κ1) is 18.7. The number of carbonyl (C=O) groups is 1. The van der Waals surface area contributed by atoms with Crippen molar-refractivity contribution in [1.29, 1.82) is 0 Å². The van der Waals surface area contributed by atoms with Crippen LogP contribution in [0.2, 0.25) is 0 Å². The maximum Gasteiger partial charge on any atom is 0.408 e. The average Bonchev–Trinajstić information content (AvgIpc) is 2.56. The standard InChI is InChI=1S/C18H23N3O4/c1-11-9-18(4,13(3)12(2)16(11)19)20-17(22)25-10-14-5-7-15(8-6-14)21(23)24/h5-9,16H,10,19H2,1-4H3,(H,20,22). The van der Waals surface area contributed by atoms with Crippen LogP contribution in [0.1, 0.15) is 33.3 Å². The summed E-state index contributed by atoms with van der Waals surface area (Å²) in [4.78, 5) is 22.3. The van der Waals surface area contributed by atoms with Crippen molar-refractivity contribution in [1.82, 2.24) is 5.32 Å². The molecule has 2 rings (SSSR count). The average molecular weight is 345 g/mol. The van der Waals surface area contributed by atoms with E-state index >= 15 is 0 Å². The molecule has 134 valence electrons. The molecule has 1 aromatic rings. The summed E-state index contributed by atoms with van der Waals surface area (Å²) in [5.74, 6) is 0. The summed E-state index contributed by atoms with van der Waals surface area (Å²) < 4.78 is 5.24. The maximum atomic E-state index is 12.2. The molecule has 0 bridgehead atoms. The predicted octanol–water partition coefficient (Wildman–Crippen LogP) is 3.20. The van der Waals surface area contributed by atoms with E-state index in [0.717, 1.165) is 16.7 Å². The third-order valence-electron chi connectivity index (χ3n) is 4.72. The van der Waals surface area contributed by atoms with Crippen molar-refractivity contribution in [2.24, 2.45) is 5.73 Å². The Labute approximate surface area is 146 Å². The molecule has 0 aromatic heterocycles. The van der Waals surface area contributed by atoms with Crippen molar-refractivity contribution in [3.05, 3.63) is 62.7 Å². The molecule has 0 aliphatic heterocycles. The Morgan fingerprint density at radius 2 is 1.92 bits per heavy atom. The first-order chi connectivity index (χ1) is 11.6. The lowest BCUT2D eigenvalue weighted by Crippen LogP contribution is -2.49. The zero-order valence-electron chi connectivity index (χ0n) is 14.8. The van der Waals surface area contributed by atoms with E-state index < -0.39 is 16.6 Å². The van der Waals surface area contributed by atoms with E-state index in [2.05, 4.69) is 5.32 Å². The molecule has 1 amide bonds. The van der Waals surface area contributed by atoms with Gasteiger partial charge in [-0.05, 0) is 51.0 Å². The van der Waals surface area contributed by atoms with Gasteiger partial charge in [-0.1, -0.05) is 17.2 Å². The molecule has 0 saturated carbocycles. The molecule has 0 heterocycles. The number of nitrogens with one attached hydrogen (secondary N) is 1. The minimum atomic E-state index is -0.656. The summed E-state index contributed by atoms with van der Waals surface area (Å²) in [6, 6.07) is 5.75. The van der Waals surface area contributed by atoms with Crippen LogP contribution in [0, 0.1) is 10.1 Å². The van der Waals surface area contributed by atoms with Crippen LogP contribution in [0.5, 0.6) is 0 Å². The van der Waals surface area contributed by atoms with Crippen molar-refractivity contribution in [3.63, 3.8) is 0 Å². The Balaban J connectivity index is 2.01. The van der Waals surface area contributed by atoms with Gasteiger partial charge in [-0.25, -0.2) is 4.79 Å². The van der Waals surface area contributed by atoms with Gasteiger partial charge in [0.2, 0.25) is 0 Å². The van der Waals surface area contributed by atoms with E-state index in [1.165, 1.54) is 12.1 Å². The second kappa shape index (κ2) is 7.06. The molecule has 0 radical (unpaired) electrons. The molecule has 1 aromatic carbocycles. The van der Waals surface area contributed by atoms with E-state index in [0.29, 0.717) is 5.56 Å². The Kier molecular flexibility index (Phi) is 5.27. The number of amides is 1. The largest absolute Gasteiger partial charge is 0.445 e. The van der Waals surface area contributed by atoms with Crippen molar-refractivity contribution in [3.8, 4) is 0 Å². The fourth-order valence-electron chi connectivity index (χ4n) is 2.88. The number of rotatable bonds is 4. The molecule has 1 aliphatic rings. The molecule has 3 N–H and O–H groups in total. The second-order valence-corrected chi connectivity index (χ2v) is 6.50. The monoisotopic (exact) mass is 345 g/mol. The van der Waals surface area contributed by atoms with Crippen LogP contribution in [0.3, 0.4) is 0 Å². The van der Waals surface area contributed by atoms with Crippen LogP contribution in [0.4, 0.5) is 10.5 Å². The highest BCUT2D eigenvalue weighted by Crippen LogP contribution is 2.31. The van der Waals surface area contributed by atoms with Gasteiger partial charge in [0.05, 0.1) is 10.5 Å². The number of nitro benzene ring substituents is 1. The first-order valence-electron chi connectivity index (χ1n) is 7.95. The molecule has 2 unspecified atom stereocenters. The molecule has 7 nitrogen and oxygen atoms in total. The SMILES string of the molecule is CC1=CC(C)(NC(=O)OCc2ccc([N+](=O)[O-])cc2)C(C)=C(C)C1N. The summed E-state index contributed by atoms with van der Waals surface area (Å²) in [7, 11) is 0. The fraction of sp³-hybridized carbons (Fsp3) is 0.389. The number of non-ortho nitro benzene ring substituents is 1. The molecule has 0 saturated heterocycles. The number of ether oxygens (including phenoxy) is 1. The van der Waals surface area contributed by atoms with Gasteiger partial charge in [0.15, 0.2) is 0 Å². The van der Waals surface area contributed by atoms with Crippen LogP contribution in [-0.4, -0.2) is 22.6 Å². The first-order valence-corrected chi connectivity index (χ1v) is 7.95. The minimum absolute atomic E-state index is 0.00360. The fourth-order valence-corrected chi connectivity index (χ4v) is 2.88. The zero-order valence-corrected chi connectivity index (χ0v) is 14.8. The molecule has 25 heavy (non-hydrogen) atoms. The van der Waals surface area contributed by atoms with Crippen molar-refractivity contribution in [2.45, 2.75) is 45.9 Å². The van der Waals surface area contributed by atoms with E-state index in [9.17, 15) is 14.9 Å². The minimum Gasteiger partial charge on any atom is -0.445 e. The Morgan fingerprint density at radius 1 is 1.32 bits per heavy atom. The maximum absolute atomic E-state index is 12.2. The summed E-state index contributed by atoms with van der Waals surface area (Å²) >= 11 is 0. The quantitative estimate of drug-likeness (QED) is 0.495. The number of nitrogens with two attached hydrogens (primary N) is 1. The van der Waals surface area contributed by atoms with Crippen molar-refractivity contribution >= 4 is 11.8 Å². The Morgan fingerprint density at radius 3 is 2.48 bits per heavy atom. The molecule has 7 heteroatoms. The topological polar surface area (TPSA) is 107 Å². The van der Waals surface area contributed by atoms with Crippen LogP contribution < -0.4 is 11.1 Å². The molecule has 0 fully saturated rings.